The average Bonchev–Trinajstić information content (AvgIpc) is 2.84. The molecule has 2 aromatic rings. The maximum Gasteiger partial charge on any atom is 0.246 e. The molecule has 168 valence electrons. The van der Waals surface area contributed by atoms with Crippen molar-refractivity contribution >= 4 is 21.7 Å². The molecule has 0 amide bonds. The molecule has 0 aliphatic carbocycles. The molecule has 3 heterocycles. The molecule has 0 spiro atoms. The monoisotopic (exact) mass is 447 g/mol. The zero-order valence-electron chi connectivity index (χ0n) is 18.0. The summed E-state index contributed by atoms with van der Waals surface area (Å²) in [4.78, 5) is 13.4. The first kappa shape index (κ1) is 21.6. The minimum atomic E-state index is -3.68. The first-order valence-electron chi connectivity index (χ1n) is 10.6. The lowest BCUT2D eigenvalue weighted by atomic mass is 10.1. The minimum Gasteiger partial charge on any atom is -0.497 e. The van der Waals surface area contributed by atoms with E-state index in [9.17, 15) is 8.42 Å². The number of aromatic nitrogens is 2. The normalized spacial score (nSPS) is 18.1. The molecule has 0 N–H and O–H groups in total. The molecule has 0 saturated carbocycles. The fourth-order valence-corrected chi connectivity index (χ4v) is 5.65. The Morgan fingerprint density at radius 3 is 2.06 bits per heavy atom. The third-order valence-electron chi connectivity index (χ3n) is 5.87. The van der Waals surface area contributed by atoms with Crippen LogP contribution in [0.1, 0.15) is 19.3 Å². The molecule has 9 nitrogen and oxygen atoms in total. The molecule has 0 bridgehead atoms. The van der Waals surface area contributed by atoms with E-state index in [0.717, 1.165) is 24.7 Å². The van der Waals surface area contributed by atoms with Gasteiger partial charge in [-0.15, -0.1) is 0 Å². The quantitative estimate of drug-likeness (QED) is 0.664. The largest absolute Gasteiger partial charge is 0.497 e. The van der Waals surface area contributed by atoms with Gasteiger partial charge in [-0.2, -0.15) is 4.31 Å². The maximum absolute atomic E-state index is 13.2. The van der Waals surface area contributed by atoms with Crippen LogP contribution < -0.4 is 19.3 Å². The summed E-state index contributed by atoms with van der Waals surface area (Å²) in [5.74, 6) is 2.62. The van der Waals surface area contributed by atoms with Crippen molar-refractivity contribution in [1.29, 1.82) is 0 Å². The Morgan fingerprint density at radius 2 is 1.45 bits per heavy atom. The maximum atomic E-state index is 13.2. The van der Waals surface area contributed by atoms with Gasteiger partial charge in [0.2, 0.25) is 10.0 Å². The standard InChI is InChI=1S/C21H29N5O4S/c1-29-17-6-7-19(18(14-17)30-2)31(27,28)26-12-10-25(11-13-26)21-15-20(22-16-23-21)24-8-4-3-5-9-24/h6-7,14-16H,3-5,8-13H2,1-2H3. The summed E-state index contributed by atoms with van der Waals surface area (Å²) >= 11 is 0. The summed E-state index contributed by atoms with van der Waals surface area (Å²) in [6, 6.07) is 6.78. The van der Waals surface area contributed by atoms with Crippen LogP contribution in [0.5, 0.6) is 11.5 Å². The molecule has 0 radical (unpaired) electrons. The van der Waals surface area contributed by atoms with Crippen molar-refractivity contribution in [1.82, 2.24) is 14.3 Å². The van der Waals surface area contributed by atoms with Gasteiger partial charge >= 0.3 is 0 Å². The number of piperazine rings is 1. The Balaban J connectivity index is 1.46. The molecule has 10 heteroatoms. The summed E-state index contributed by atoms with van der Waals surface area (Å²) in [7, 11) is -0.683. The smallest absolute Gasteiger partial charge is 0.246 e. The number of benzene rings is 1. The zero-order valence-corrected chi connectivity index (χ0v) is 18.8. The Bertz CT molecular complexity index is 1000. The number of rotatable bonds is 6. The lowest BCUT2D eigenvalue weighted by Crippen LogP contribution is -2.49. The molecule has 31 heavy (non-hydrogen) atoms. The molecular formula is C21H29N5O4S. The van der Waals surface area contributed by atoms with E-state index in [1.54, 1.807) is 18.5 Å². The van der Waals surface area contributed by atoms with Crippen LogP contribution in [-0.4, -0.2) is 76.2 Å². The zero-order chi connectivity index (χ0) is 21.8. The van der Waals surface area contributed by atoms with Crippen molar-refractivity contribution in [2.45, 2.75) is 24.2 Å². The summed E-state index contributed by atoms with van der Waals surface area (Å²) in [6.45, 7) is 3.92. The number of hydrogen-bond acceptors (Lipinski definition) is 8. The molecule has 2 saturated heterocycles. The Morgan fingerprint density at radius 1 is 0.806 bits per heavy atom. The van der Waals surface area contributed by atoms with Gasteiger partial charge < -0.3 is 19.3 Å². The van der Waals surface area contributed by atoms with Gasteiger partial charge in [0.25, 0.3) is 0 Å². The first-order valence-corrected chi connectivity index (χ1v) is 12.0. The molecular weight excluding hydrogens is 418 g/mol. The molecule has 0 atom stereocenters. The van der Waals surface area contributed by atoms with Crippen molar-refractivity contribution in [2.24, 2.45) is 0 Å². The highest BCUT2D eigenvalue weighted by molar-refractivity contribution is 7.89. The van der Waals surface area contributed by atoms with Crippen molar-refractivity contribution in [3.8, 4) is 11.5 Å². The van der Waals surface area contributed by atoms with Gasteiger partial charge in [0.15, 0.2) is 0 Å². The van der Waals surface area contributed by atoms with Crippen molar-refractivity contribution in [3.63, 3.8) is 0 Å². The van der Waals surface area contributed by atoms with Crippen LogP contribution in [0.4, 0.5) is 11.6 Å². The topological polar surface area (TPSA) is 88.1 Å². The third kappa shape index (κ3) is 4.54. The molecule has 1 aromatic carbocycles. The van der Waals surface area contributed by atoms with E-state index >= 15 is 0 Å². The number of piperidine rings is 1. The van der Waals surface area contributed by atoms with Gasteiger partial charge in [0.1, 0.15) is 34.4 Å². The number of nitrogens with zero attached hydrogens (tertiary/aromatic N) is 5. The van der Waals surface area contributed by atoms with Crippen molar-refractivity contribution in [3.05, 3.63) is 30.6 Å². The molecule has 2 fully saturated rings. The fourth-order valence-electron chi connectivity index (χ4n) is 4.09. The Kier molecular flexibility index (Phi) is 6.47. The molecule has 2 aliphatic rings. The van der Waals surface area contributed by atoms with E-state index in [-0.39, 0.29) is 10.6 Å². The van der Waals surface area contributed by atoms with Crippen LogP contribution in [0.2, 0.25) is 0 Å². The second-order valence-corrected chi connectivity index (χ2v) is 9.60. The lowest BCUT2D eigenvalue weighted by Gasteiger charge is -2.35. The minimum absolute atomic E-state index is 0.152. The second kappa shape index (κ2) is 9.27. The molecule has 0 unspecified atom stereocenters. The highest BCUT2D eigenvalue weighted by Gasteiger charge is 2.31. The van der Waals surface area contributed by atoms with E-state index in [4.69, 9.17) is 9.47 Å². The van der Waals surface area contributed by atoms with Gasteiger partial charge in [0.05, 0.1) is 14.2 Å². The highest BCUT2D eigenvalue weighted by Crippen LogP contribution is 2.31. The average molecular weight is 448 g/mol. The summed E-state index contributed by atoms with van der Waals surface area (Å²) in [6.07, 6.45) is 5.24. The van der Waals surface area contributed by atoms with Crippen LogP contribution in [-0.2, 0) is 10.0 Å². The van der Waals surface area contributed by atoms with Gasteiger partial charge in [-0.25, -0.2) is 18.4 Å². The first-order chi connectivity index (χ1) is 15.0. The number of methoxy groups -OCH3 is 2. The van der Waals surface area contributed by atoms with Gasteiger partial charge in [-0.3, -0.25) is 0 Å². The fraction of sp³-hybridized carbons (Fsp3) is 0.524. The third-order valence-corrected chi connectivity index (χ3v) is 7.81. The van der Waals surface area contributed by atoms with Crippen molar-refractivity contribution < 1.29 is 17.9 Å². The van der Waals surface area contributed by atoms with Gasteiger partial charge in [-0.1, -0.05) is 0 Å². The van der Waals surface area contributed by atoms with E-state index in [1.165, 1.54) is 43.9 Å². The summed E-state index contributed by atoms with van der Waals surface area (Å²) in [5, 5.41) is 0. The molecule has 1 aromatic heterocycles. The molecule has 4 rings (SSSR count). The second-order valence-electron chi connectivity index (χ2n) is 7.69. The number of ether oxygens (including phenoxy) is 2. The van der Waals surface area contributed by atoms with Crippen LogP contribution in [0.3, 0.4) is 0 Å². The van der Waals surface area contributed by atoms with E-state index in [0.29, 0.717) is 31.9 Å². The van der Waals surface area contributed by atoms with Crippen LogP contribution in [0.25, 0.3) is 0 Å². The summed E-state index contributed by atoms with van der Waals surface area (Å²) in [5.41, 5.74) is 0. The number of anilines is 2. The predicted octanol–water partition coefficient (Wildman–Crippen LogP) is 1.99. The van der Waals surface area contributed by atoms with Gasteiger partial charge in [0, 0.05) is 51.4 Å². The van der Waals surface area contributed by atoms with E-state index in [2.05, 4.69) is 19.8 Å². The van der Waals surface area contributed by atoms with Gasteiger partial charge in [-0.05, 0) is 31.4 Å². The van der Waals surface area contributed by atoms with E-state index < -0.39 is 10.0 Å². The lowest BCUT2D eigenvalue weighted by molar-refractivity contribution is 0.369. The number of hydrogen-bond donors (Lipinski definition) is 0. The SMILES string of the molecule is COc1ccc(S(=O)(=O)N2CCN(c3cc(N4CCCCC4)ncn3)CC2)c(OC)c1. The van der Waals surface area contributed by atoms with Crippen LogP contribution in [0, 0.1) is 0 Å². The van der Waals surface area contributed by atoms with Crippen LogP contribution >= 0.6 is 0 Å². The number of sulfonamides is 1. The highest BCUT2D eigenvalue weighted by atomic mass is 32.2. The summed E-state index contributed by atoms with van der Waals surface area (Å²) < 4.78 is 38.4. The Labute approximate surface area is 183 Å². The molecule has 2 aliphatic heterocycles. The van der Waals surface area contributed by atoms with Crippen LogP contribution in [0.15, 0.2) is 35.5 Å². The van der Waals surface area contributed by atoms with E-state index in [1.807, 2.05) is 6.07 Å². The van der Waals surface area contributed by atoms with Crippen molar-refractivity contribution in [2.75, 3.05) is 63.3 Å². The Hall–Kier alpha value is -2.59. The predicted molar refractivity (Wildman–Crippen MR) is 119 cm³/mol.